The fourth-order valence-corrected chi connectivity index (χ4v) is 4.24. The third-order valence-corrected chi connectivity index (χ3v) is 5.52. The minimum absolute atomic E-state index is 0.00336. The zero-order valence-corrected chi connectivity index (χ0v) is 13.2. The molecule has 3 rings (SSSR count). The van der Waals surface area contributed by atoms with E-state index in [1.807, 2.05) is 0 Å². The highest BCUT2D eigenvalue weighted by Crippen LogP contribution is 2.53. The molecule has 2 aliphatic carbocycles. The second-order valence-corrected chi connectivity index (χ2v) is 6.84. The Morgan fingerprint density at radius 1 is 1.48 bits per heavy atom. The van der Waals surface area contributed by atoms with Crippen molar-refractivity contribution in [2.24, 2.45) is 17.8 Å². The van der Waals surface area contributed by atoms with E-state index in [4.69, 9.17) is 9.47 Å². The molecule has 0 amide bonds. The van der Waals surface area contributed by atoms with E-state index in [0.29, 0.717) is 24.8 Å². The van der Waals surface area contributed by atoms with Crippen LogP contribution in [0.5, 0.6) is 0 Å². The molecule has 0 aromatic rings. The molecule has 0 aromatic carbocycles. The summed E-state index contributed by atoms with van der Waals surface area (Å²) >= 11 is 0. The predicted octanol–water partition coefficient (Wildman–Crippen LogP) is 0.725. The quantitative estimate of drug-likeness (QED) is 0.575. The molecule has 2 N–H and O–H groups in total. The van der Waals surface area contributed by atoms with Crippen LogP contribution in [0.25, 0.3) is 0 Å². The van der Waals surface area contributed by atoms with Gasteiger partial charge in [0.15, 0.2) is 0 Å². The molecule has 0 spiro atoms. The van der Waals surface area contributed by atoms with Crippen molar-refractivity contribution < 1.29 is 29.3 Å². The van der Waals surface area contributed by atoms with Crippen LogP contribution in [0.2, 0.25) is 0 Å². The van der Waals surface area contributed by atoms with Gasteiger partial charge >= 0.3 is 11.9 Å². The Hall–Kier alpha value is -1.66. The van der Waals surface area contributed by atoms with Crippen LogP contribution in [0.4, 0.5) is 0 Å². The maximum atomic E-state index is 12.3. The molecular formula is C17H22O6. The zero-order chi connectivity index (χ0) is 16.9. The number of aliphatic hydroxyl groups excluding tert-OH is 1. The van der Waals surface area contributed by atoms with E-state index < -0.39 is 42.3 Å². The van der Waals surface area contributed by atoms with Crippen molar-refractivity contribution in [2.75, 3.05) is 6.61 Å². The number of carbonyl (C=O) groups excluding carboxylic acids is 2. The molecule has 0 radical (unpaired) electrons. The predicted molar refractivity (Wildman–Crippen MR) is 80.1 cm³/mol. The van der Waals surface area contributed by atoms with Crippen molar-refractivity contribution in [3.63, 3.8) is 0 Å². The second kappa shape index (κ2) is 5.46. The summed E-state index contributed by atoms with van der Waals surface area (Å²) in [4.78, 5) is 23.3. The first-order valence-corrected chi connectivity index (χ1v) is 7.87. The van der Waals surface area contributed by atoms with Gasteiger partial charge in [0.2, 0.25) is 5.60 Å². The lowest BCUT2D eigenvalue weighted by atomic mass is 9.78. The van der Waals surface area contributed by atoms with Crippen molar-refractivity contribution in [3.05, 3.63) is 24.3 Å². The van der Waals surface area contributed by atoms with Crippen LogP contribution in [0.3, 0.4) is 0 Å². The van der Waals surface area contributed by atoms with Crippen LogP contribution in [0.15, 0.2) is 24.3 Å². The number of hydrogen-bond donors (Lipinski definition) is 2. The lowest BCUT2D eigenvalue weighted by Gasteiger charge is -2.29. The van der Waals surface area contributed by atoms with Gasteiger partial charge in [0.05, 0.1) is 6.10 Å². The minimum atomic E-state index is -1.85. The standard InChI is InChI=1S/C17H22O6/c1-8-4-5-12-15(14-9(2)13(19)6-11(8)14)23-16(20)17(12,21)7-22-10(3)18/h11-15,19,21H,1-2,4-7H2,3H3/t11-,12+,13-,14-,15-,17-/m0/s1. The van der Waals surface area contributed by atoms with E-state index in [1.54, 1.807) is 0 Å². The Kier molecular flexibility index (Phi) is 3.84. The molecule has 3 aliphatic rings. The highest BCUT2D eigenvalue weighted by atomic mass is 16.6. The number of carbonyl (C=O) groups is 2. The third kappa shape index (κ3) is 2.40. The number of allylic oxidation sites excluding steroid dienone is 1. The summed E-state index contributed by atoms with van der Waals surface area (Å²) < 4.78 is 10.4. The lowest BCUT2D eigenvalue weighted by Crippen LogP contribution is -2.47. The number of fused-ring (bicyclic) bond motifs is 3. The maximum absolute atomic E-state index is 12.3. The first-order chi connectivity index (χ1) is 10.8. The fourth-order valence-electron chi connectivity index (χ4n) is 4.24. The number of rotatable bonds is 2. The van der Waals surface area contributed by atoms with Gasteiger partial charge in [0.25, 0.3) is 0 Å². The van der Waals surface area contributed by atoms with E-state index in [-0.39, 0.29) is 11.8 Å². The summed E-state index contributed by atoms with van der Waals surface area (Å²) in [5, 5.41) is 20.9. The van der Waals surface area contributed by atoms with Gasteiger partial charge in [-0.15, -0.1) is 0 Å². The summed E-state index contributed by atoms with van der Waals surface area (Å²) in [5.74, 6) is -2.10. The normalized spacial score (nSPS) is 42.7. The van der Waals surface area contributed by atoms with Gasteiger partial charge < -0.3 is 19.7 Å². The van der Waals surface area contributed by atoms with Crippen molar-refractivity contribution in [1.29, 1.82) is 0 Å². The maximum Gasteiger partial charge on any atom is 0.342 e. The van der Waals surface area contributed by atoms with Gasteiger partial charge in [-0.2, -0.15) is 0 Å². The fraction of sp³-hybridized carbons (Fsp3) is 0.647. The molecule has 1 heterocycles. The van der Waals surface area contributed by atoms with Gasteiger partial charge in [0.1, 0.15) is 12.7 Å². The van der Waals surface area contributed by atoms with Gasteiger partial charge in [-0.25, -0.2) is 4.79 Å². The van der Waals surface area contributed by atoms with E-state index >= 15 is 0 Å². The first-order valence-electron chi connectivity index (χ1n) is 7.87. The Labute approximate surface area is 134 Å². The number of hydrogen-bond acceptors (Lipinski definition) is 6. The van der Waals surface area contributed by atoms with Crippen molar-refractivity contribution in [2.45, 2.75) is 44.0 Å². The molecule has 126 valence electrons. The van der Waals surface area contributed by atoms with Crippen LogP contribution >= 0.6 is 0 Å². The van der Waals surface area contributed by atoms with Gasteiger partial charge in [0, 0.05) is 18.8 Å². The SMILES string of the molecule is C=C1[C@@H]2[C@H]3OC(=O)[C@](O)(COC(C)=O)[C@@H]3CCC(=C)[C@@H]2C[C@@H]1O. The molecule has 0 bridgehead atoms. The molecule has 1 aliphatic heterocycles. The summed E-state index contributed by atoms with van der Waals surface area (Å²) in [6, 6.07) is 0. The van der Waals surface area contributed by atoms with Crippen LogP contribution in [-0.4, -0.2) is 46.6 Å². The summed E-state index contributed by atoms with van der Waals surface area (Å²) in [5.41, 5.74) is -0.246. The van der Waals surface area contributed by atoms with Crippen LogP contribution in [0, 0.1) is 17.8 Å². The van der Waals surface area contributed by atoms with Gasteiger partial charge in [-0.3, -0.25) is 4.79 Å². The summed E-state index contributed by atoms with van der Waals surface area (Å²) in [6.45, 7) is 8.86. The largest absolute Gasteiger partial charge is 0.462 e. The monoisotopic (exact) mass is 322 g/mol. The Morgan fingerprint density at radius 2 is 2.17 bits per heavy atom. The molecule has 0 aromatic heterocycles. The Bertz CT molecular complexity index is 582. The van der Waals surface area contributed by atoms with E-state index in [1.165, 1.54) is 6.92 Å². The number of esters is 2. The summed E-state index contributed by atoms with van der Waals surface area (Å²) in [6.07, 6.45) is 0.439. The highest BCUT2D eigenvalue weighted by Gasteiger charge is 2.62. The van der Waals surface area contributed by atoms with Crippen LogP contribution in [-0.2, 0) is 19.1 Å². The third-order valence-electron chi connectivity index (χ3n) is 5.52. The minimum Gasteiger partial charge on any atom is -0.462 e. The zero-order valence-electron chi connectivity index (χ0n) is 13.2. The Balaban J connectivity index is 1.93. The van der Waals surface area contributed by atoms with E-state index in [2.05, 4.69) is 13.2 Å². The van der Waals surface area contributed by atoms with Crippen molar-refractivity contribution in [1.82, 2.24) is 0 Å². The Morgan fingerprint density at radius 3 is 2.83 bits per heavy atom. The molecular weight excluding hydrogens is 300 g/mol. The van der Waals surface area contributed by atoms with Crippen molar-refractivity contribution in [3.8, 4) is 0 Å². The molecule has 6 heteroatoms. The van der Waals surface area contributed by atoms with Gasteiger partial charge in [-0.1, -0.05) is 18.7 Å². The average Bonchev–Trinajstić information content (AvgIpc) is 2.85. The van der Waals surface area contributed by atoms with Crippen LogP contribution in [0.1, 0.15) is 26.2 Å². The van der Waals surface area contributed by atoms with Gasteiger partial charge in [-0.05, 0) is 30.8 Å². The second-order valence-electron chi connectivity index (χ2n) is 6.84. The molecule has 6 atom stereocenters. The molecule has 23 heavy (non-hydrogen) atoms. The molecule has 6 nitrogen and oxygen atoms in total. The smallest absolute Gasteiger partial charge is 0.342 e. The molecule has 3 fully saturated rings. The topological polar surface area (TPSA) is 93.1 Å². The van der Waals surface area contributed by atoms with E-state index in [9.17, 15) is 19.8 Å². The average molecular weight is 322 g/mol. The van der Waals surface area contributed by atoms with Crippen molar-refractivity contribution >= 4 is 11.9 Å². The number of ether oxygens (including phenoxy) is 2. The van der Waals surface area contributed by atoms with E-state index in [0.717, 1.165) is 5.57 Å². The lowest BCUT2D eigenvalue weighted by molar-refractivity contribution is -0.166. The molecule has 2 saturated carbocycles. The highest BCUT2D eigenvalue weighted by molar-refractivity contribution is 5.83. The molecule has 1 saturated heterocycles. The summed E-state index contributed by atoms with van der Waals surface area (Å²) in [7, 11) is 0. The number of aliphatic hydroxyl groups is 2. The first kappa shape index (κ1) is 16.2. The van der Waals surface area contributed by atoms with Crippen LogP contribution < -0.4 is 0 Å². The molecule has 0 unspecified atom stereocenters.